The number of fused-ring (bicyclic) bond motifs is 1. The molecule has 0 bridgehead atoms. The van der Waals surface area contributed by atoms with Gasteiger partial charge in [-0.05, 0) is 66.7 Å². The number of benzene rings is 3. The first kappa shape index (κ1) is 17.7. The van der Waals surface area contributed by atoms with Gasteiger partial charge in [0.05, 0.1) is 35.1 Å². The van der Waals surface area contributed by atoms with Crippen molar-refractivity contribution in [3.8, 4) is 22.5 Å². The lowest BCUT2D eigenvalue weighted by molar-refractivity contribution is 0.0601. The summed E-state index contributed by atoms with van der Waals surface area (Å²) in [4.78, 5) is 21.2. The van der Waals surface area contributed by atoms with Crippen LogP contribution in [0.1, 0.15) is 10.4 Å². The van der Waals surface area contributed by atoms with Crippen molar-refractivity contribution in [3.05, 3.63) is 83.9 Å². The second kappa shape index (κ2) is 7.15. The van der Waals surface area contributed by atoms with Crippen LogP contribution in [-0.2, 0) is 4.74 Å². The van der Waals surface area contributed by atoms with E-state index < -0.39 is 5.97 Å². The van der Waals surface area contributed by atoms with Crippen molar-refractivity contribution < 1.29 is 18.3 Å². The maximum Gasteiger partial charge on any atom is 0.337 e. The Hall–Kier alpha value is -3.67. The average molecular weight is 376 g/mol. The van der Waals surface area contributed by atoms with Gasteiger partial charge in [0.1, 0.15) is 11.6 Å². The molecule has 0 aliphatic rings. The Kier molecular flexibility index (Phi) is 4.53. The summed E-state index contributed by atoms with van der Waals surface area (Å²) in [6.07, 6.45) is 0. The van der Waals surface area contributed by atoms with Crippen LogP contribution in [0.25, 0.3) is 33.5 Å². The number of halogens is 2. The van der Waals surface area contributed by atoms with Gasteiger partial charge in [0.15, 0.2) is 0 Å². The van der Waals surface area contributed by atoms with Crippen molar-refractivity contribution in [1.82, 2.24) is 9.97 Å². The highest BCUT2D eigenvalue weighted by Gasteiger charge is 2.15. The maximum absolute atomic E-state index is 13.4. The van der Waals surface area contributed by atoms with Gasteiger partial charge in [-0.1, -0.05) is 0 Å². The van der Waals surface area contributed by atoms with E-state index in [0.29, 0.717) is 39.1 Å². The minimum atomic E-state index is -0.477. The van der Waals surface area contributed by atoms with E-state index in [1.54, 1.807) is 42.5 Å². The third-order valence-electron chi connectivity index (χ3n) is 4.32. The third kappa shape index (κ3) is 3.32. The Labute approximate surface area is 159 Å². The monoisotopic (exact) mass is 376 g/mol. The number of hydrogen-bond acceptors (Lipinski definition) is 4. The van der Waals surface area contributed by atoms with Gasteiger partial charge in [0.2, 0.25) is 0 Å². The van der Waals surface area contributed by atoms with E-state index in [1.807, 2.05) is 0 Å². The zero-order valence-electron chi connectivity index (χ0n) is 14.8. The Morgan fingerprint density at radius 2 is 1.25 bits per heavy atom. The van der Waals surface area contributed by atoms with Gasteiger partial charge in [-0.2, -0.15) is 0 Å². The normalized spacial score (nSPS) is 10.8. The fourth-order valence-corrected chi connectivity index (χ4v) is 2.92. The van der Waals surface area contributed by atoms with Gasteiger partial charge < -0.3 is 4.74 Å². The number of hydrogen-bond donors (Lipinski definition) is 0. The lowest BCUT2D eigenvalue weighted by Gasteiger charge is -2.11. The highest BCUT2D eigenvalue weighted by atomic mass is 19.1. The standard InChI is InChI=1S/C22H14F2N2O2/c1-28-22(27)15-6-11-18-19(12-15)26-21(14-4-9-17(24)10-5-14)20(25-18)13-2-7-16(23)8-3-13/h2-12H,1H3. The first-order chi connectivity index (χ1) is 13.5. The van der Waals surface area contributed by atoms with Crippen LogP contribution in [0.3, 0.4) is 0 Å². The maximum atomic E-state index is 13.4. The molecule has 6 heteroatoms. The number of ether oxygens (including phenoxy) is 1. The van der Waals surface area contributed by atoms with E-state index in [2.05, 4.69) is 9.97 Å². The van der Waals surface area contributed by atoms with E-state index in [1.165, 1.54) is 31.4 Å². The topological polar surface area (TPSA) is 52.1 Å². The molecule has 138 valence electrons. The number of esters is 1. The highest BCUT2D eigenvalue weighted by molar-refractivity contribution is 5.94. The summed E-state index contributed by atoms with van der Waals surface area (Å²) in [5.41, 5.74) is 3.77. The zero-order valence-corrected chi connectivity index (χ0v) is 14.8. The largest absolute Gasteiger partial charge is 0.465 e. The molecule has 0 saturated heterocycles. The van der Waals surface area contributed by atoms with E-state index in [0.717, 1.165) is 0 Å². The van der Waals surface area contributed by atoms with E-state index in [-0.39, 0.29) is 11.6 Å². The Morgan fingerprint density at radius 3 is 1.75 bits per heavy atom. The fourth-order valence-electron chi connectivity index (χ4n) is 2.92. The van der Waals surface area contributed by atoms with Gasteiger partial charge in [0.25, 0.3) is 0 Å². The number of aromatic nitrogens is 2. The summed E-state index contributed by atoms with van der Waals surface area (Å²) in [5, 5.41) is 0. The van der Waals surface area contributed by atoms with Gasteiger partial charge in [-0.15, -0.1) is 0 Å². The minimum absolute atomic E-state index is 0.351. The molecule has 0 atom stereocenters. The molecule has 0 amide bonds. The van der Waals surface area contributed by atoms with Crippen molar-refractivity contribution in [3.63, 3.8) is 0 Å². The summed E-state index contributed by atoms with van der Waals surface area (Å²) in [6, 6.07) is 16.7. The van der Waals surface area contributed by atoms with Gasteiger partial charge in [-0.3, -0.25) is 0 Å². The minimum Gasteiger partial charge on any atom is -0.465 e. The average Bonchev–Trinajstić information content (AvgIpc) is 2.73. The van der Waals surface area contributed by atoms with Crippen LogP contribution in [0.5, 0.6) is 0 Å². The number of carbonyl (C=O) groups is 1. The first-order valence-corrected chi connectivity index (χ1v) is 8.47. The van der Waals surface area contributed by atoms with Gasteiger partial charge >= 0.3 is 5.97 Å². The van der Waals surface area contributed by atoms with Crippen molar-refractivity contribution in [2.75, 3.05) is 7.11 Å². The molecule has 4 rings (SSSR count). The fraction of sp³-hybridized carbons (Fsp3) is 0.0455. The Morgan fingerprint density at radius 1 is 0.750 bits per heavy atom. The quantitative estimate of drug-likeness (QED) is 0.471. The summed E-state index contributed by atoms with van der Waals surface area (Å²) in [5.74, 6) is -1.20. The summed E-state index contributed by atoms with van der Waals surface area (Å²) >= 11 is 0. The predicted molar refractivity (Wildman–Crippen MR) is 102 cm³/mol. The van der Waals surface area contributed by atoms with Gasteiger partial charge in [0, 0.05) is 11.1 Å². The van der Waals surface area contributed by atoms with Crippen LogP contribution in [0.2, 0.25) is 0 Å². The lowest BCUT2D eigenvalue weighted by Crippen LogP contribution is -2.02. The molecule has 4 aromatic rings. The molecule has 0 spiro atoms. The van der Waals surface area contributed by atoms with Crippen LogP contribution < -0.4 is 0 Å². The molecule has 0 N–H and O–H groups in total. The van der Waals surface area contributed by atoms with Crippen molar-refractivity contribution in [2.24, 2.45) is 0 Å². The Bertz CT molecular complexity index is 1170. The van der Waals surface area contributed by atoms with Crippen LogP contribution in [-0.4, -0.2) is 23.0 Å². The molecule has 3 aromatic carbocycles. The molecule has 1 heterocycles. The third-order valence-corrected chi connectivity index (χ3v) is 4.32. The molecule has 4 nitrogen and oxygen atoms in total. The molecule has 0 radical (unpaired) electrons. The van der Waals surface area contributed by atoms with Crippen molar-refractivity contribution in [2.45, 2.75) is 0 Å². The van der Waals surface area contributed by atoms with Crippen LogP contribution in [0.4, 0.5) is 8.78 Å². The van der Waals surface area contributed by atoms with Gasteiger partial charge in [-0.25, -0.2) is 23.5 Å². The molecule has 0 unspecified atom stereocenters. The summed E-state index contributed by atoms with van der Waals surface area (Å²) in [7, 11) is 1.31. The van der Waals surface area contributed by atoms with Crippen molar-refractivity contribution in [1.29, 1.82) is 0 Å². The number of rotatable bonds is 3. The SMILES string of the molecule is COC(=O)c1ccc2nc(-c3ccc(F)cc3)c(-c3ccc(F)cc3)nc2c1. The molecule has 0 aliphatic carbocycles. The van der Waals surface area contributed by atoms with Crippen LogP contribution in [0, 0.1) is 11.6 Å². The van der Waals surface area contributed by atoms with Crippen molar-refractivity contribution >= 4 is 17.0 Å². The predicted octanol–water partition coefficient (Wildman–Crippen LogP) is 5.03. The number of carbonyl (C=O) groups excluding carboxylic acids is 1. The number of nitrogens with zero attached hydrogens (tertiary/aromatic N) is 2. The highest BCUT2D eigenvalue weighted by Crippen LogP contribution is 2.31. The summed E-state index contributed by atoms with van der Waals surface area (Å²) in [6.45, 7) is 0. The smallest absolute Gasteiger partial charge is 0.337 e. The molecule has 0 saturated carbocycles. The zero-order chi connectivity index (χ0) is 19.7. The molecule has 0 aliphatic heterocycles. The van der Waals surface area contributed by atoms with E-state index in [9.17, 15) is 13.6 Å². The van der Waals surface area contributed by atoms with Crippen LogP contribution >= 0.6 is 0 Å². The molecular formula is C22H14F2N2O2. The lowest BCUT2D eigenvalue weighted by atomic mass is 10.0. The molecule has 1 aromatic heterocycles. The van der Waals surface area contributed by atoms with Crippen LogP contribution in [0.15, 0.2) is 66.7 Å². The summed E-state index contributed by atoms with van der Waals surface area (Å²) < 4.78 is 31.5. The molecular weight excluding hydrogens is 362 g/mol. The second-order valence-corrected chi connectivity index (χ2v) is 6.13. The second-order valence-electron chi connectivity index (χ2n) is 6.13. The number of methoxy groups -OCH3 is 1. The molecule has 0 fully saturated rings. The molecule has 28 heavy (non-hydrogen) atoms. The van der Waals surface area contributed by atoms with E-state index in [4.69, 9.17) is 4.74 Å². The Balaban J connectivity index is 1.97. The first-order valence-electron chi connectivity index (χ1n) is 8.47. The van der Waals surface area contributed by atoms with E-state index >= 15 is 0 Å².